The maximum absolute atomic E-state index is 14.2. The first kappa shape index (κ1) is 21.9. The van der Waals surface area contributed by atoms with Crippen molar-refractivity contribution < 1.29 is 27.1 Å². The molecule has 0 spiro atoms. The molecule has 1 unspecified atom stereocenters. The van der Waals surface area contributed by atoms with E-state index in [0.717, 1.165) is 22.2 Å². The summed E-state index contributed by atoms with van der Waals surface area (Å²) in [6, 6.07) is 10.3. The van der Waals surface area contributed by atoms with Crippen LogP contribution in [0.4, 0.5) is 10.1 Å². The quantitative estimate of drug-likeness (QED) is 0.753. The van der Waals surface area contributed by atoms with Crippen LogP contribution in [0.1, 0.15) is 31.9 Å². The normalized spacial score (nSPS) is 17.4. The topological polar surface area (TPSA) is 84.9 Å². The van der Waals surface area contributed by atoms with Gasteiger partial charge in [0.1, 0.15) is 29.5 Å². The molecule has 0 radical (unpaired) electrons. The summed E-state index contributed by atoms with van der Waals surface area (Å²) >= 11 is 0. The number of hydrogen-bond acceptors (Lipinski definition) is 5. The van der Waals surface area contributed by atoms with Crippen molar-refractivity contribution in [2.45, 2.75) is 31.9 Å². The number of rotatable bonds is 6. The Morgan fingerprint density at radius 1 is 1.30 bits per heavy atom. The lowest BCUT2D eigenvalue weighted by Gasteiger charge is -2.38. The first-order valence-corrected chi connectivity index (χ1v) is 11.2. The summed E-state index contributed by atoms with van der Waals surface area (Å²) in [4.78, 5) is 12.8. The first-order valence-electron chi connectivity index (χ1n) is 9.39. The number of ether oxygens (including phenoxy) is 2. The number of anilines is 1. The van der Waals surface area contributed by atoms with Crippen LogP contribution in [-0.2, 0) is 14.8 Å². The SMILES string of the molecule is COc1ccc2c(c1)C(NC(=O)CN(c1ccccc1F)S(C)(=O)=O)CC(C)(C)O2. The van der Waals surface area contributed by atoms with E-state index in [9.17, 15) is 17.6 Å². The zero-order valence-corrected chi connectivity index (χ0v) is 18.1. The highest BCUT2D eigenvalue weighted by molar-refractivity contribution is 7.92. The molecule has 1 aliphatic rings. The van der Waals surface area contributed by atoms with Crippen LogP contribution in [0.5, 0.6) is 11.5 Å². The molecule has 3 rings (SSSR count). The van der Waals surface area contributed by atoms with E-state index in [1.165, 1.54) is 18.2 Å². The molecule has 1 aliphatic heterocycles. The lowest BCUT2D eigenvalue weighted by atomic mass is 9.89. The minimum Gasteiger partial charge on any atom is -0.497 e. The predicted octanol–water partition coefficient (Wildman–Crippen LogP) is 3.02. The highest BCUT2D eigenvalue weighted by Gasteiger charge is 2.35. The van der Waals surface area contributed by atoms with Crippen LogP contribution in [0.3, 0.4) is 0 Å². The fourth-order valence-corrected chi connectivity index (χ4v) is 4.35. The van der Waals surface area contributed by atoms with E-state index in [0.29, 0.717) is 17.9 Å². The maximum Gasteiger partial charge on any atom is 0.241 e. The zero-order chi connectivity index (χ0) is 22.1. The Labute approximate surface area is 175 Å². The molecule has 0 aromatic heterocycles. The average Bonchev–Trinajstić information content (AvgIpc) is 2.65. The lowest BCUT2D eigenvalue weighted by Crippen LogP contribution is -2.45. The molecular weight excluding hydrogens is 411 g/mol. The number of hydrogen-bond donors (Lipinski definition) is 1. The van der Waals surface area contributed by atoms with Gasteiger partial charge in [0, 0.05) is 12.0 Å². The molecule has 162 valence electrons. The molecule has 1 heterocycles. The fourth-order valence-electron chi connectivity index (χ4n) is 3.49. The van der Waals surface area contributed by atoms with E-state index >= 15 is 0 Å². The Morgan fingerprint density at radius 2 is 2.00 bits per heavy atom. The van der Waals surface area contributed by atoms with Crippen LogP contribution >= 0.6 is 0 Å². The number of fused-ring (bicyclic) bond motifs is 1. The fraction of sp³-hybridized carbons (Fsp3) is 0.381. The number of amides is 1. The van der Waals surface area contributed by atoms with E-state index < -0.39 is 39.9 Å². The van der Waals surface area contributed by atoms with Crippen molar-refractivity contribution in [1.29, 1.82) is 0 Å². The number of nitrogens with one attached hydrogen (secondary N) is 1. The van der Waals surface area contributed by atoms with Crippen LogP contribution in [0.15, 0.2) is 42.5 Å². The molecule has 2 aromatic carbocycles. The Hall–Kier alpha value is -2.81. The number of sulfonamides is 1. The van der Waals surface area contributed by atoms with Gasteiger partial charge in [0.25, 0.3) is 0 Å². The second kappa shape index (κ2) is 8.14. The van der Waals surface area contributed by atoms with Crippen molar-refractivity contribution in [3.8, 4) is 11.5 Å². The highest BCUT2D eigenvalue weighted by Crippen LogP contribution is 2.41. The molecule has 0 saturated heterocycles. The van der Waals surface area contributed by atoms with Gasteiger partial charge in [-0.25, -0.2) is 12.8 Å². The summed E-state index contributed by atoms with van der Waals surface area (Å²) in [5, 5.41) is 2.87. The third-order valence-corrected chi connectivity index (χ3v) is 5.94. The molecule has 0 bridgehead atoms. The van der Waals surface area contributed by atoms with Crippen LogP contribution < -0.4 is 19.1 Å². The second-order valence-electron chi connectivity index (χ2n) is 7.81. The van der Waals surface area contributed by atoms with E-state index in [2.05, 4.69) is 5.32 Å². The van der Waals surface area contributed by atoms with Crippen LogP contribution in [0.25, 0.3) is 0 Å². The third kappa shape index (κ3) is 4.84. The van der Waals surface area contributed by atoms with Gasteiger partial charge >= 0.3 is 0 Å². The van der Waals surface area contributed by atoms with Crippen LogP contribution in [-0.4, -0.2) is 39.8 Å². The molecule has 1 N–H and O–H groups in total. The molecule has 0 saturated carbocycles. The Kier molecular flexibility index (Phi) is 5.94. The summed E-state index contributed by atoms with van der Waals surface area (Å²) in [5.74, 6) is -0.0509. The first-order chi connectivity index (χ1) is 14.0. The molecule has 1 amide bonds. The minimum absolute atomic E-state index is 0.176. The average molecular weight is 437 g/mol. The van der Waals surface area contributed by atoms with Gasteiger partial charge in [-0.1, -0.05) is 12.1 Å². The van der Waals surface area contributed by atoms with E-state index in [1.807, 2.05) is 13.8 Å². The Morgan fingerprint density at radius 3 is 2.63 bits per heavy atom. The van der Waals surface area contributed by atoms with Gasteiger partial charge < -0.3 is 14.8 Å². The van der Waals surface area contributed by atoms with Gasteiger partial charge in [0.05, 0.1) is 25.1 Å². The molecular formula is C21H25FN2O5S. The van der Waals surface area contributed by atoms with E-state index in [4.69, 9.17) is 9.47 Å². The van der Waals surface area contributed by atoms with Crippen molar-refractivity contribution >= 4 is 21.6 Å². The lowest BCUT2D eigenvalue weighted by molar-refractivity contribution is -0.120. The van der Waals surface area contributed by atoms with Gasteiger partial charge in [-0.3, -0.25) is 9.10 Å². The zero-order valence-electron chi connectivity index (χ0n) is 17.3. The number of methoxy groups -OCH3 is 1. The third-order valence-electron chi connectivity index (χ3n) is 4.82. The Balaban J connectivity index is 1.87. The van der Waals surface area contributed by atoms with Crippen molar-refractivity contribution in [1.82, 2.24) is 5.32 Å². The molecule has 0 aliphatic carbocycles. The van der Waals surface area contributed by atoms with E-state index in [1.54, 1.807) is 25.3 Å². The highest BCUT2D eigenvalue weighted by atomic mass is 32.2. The smallest absolute Gasteiger partial charge is 0.241 e. The summed E-state index contributed by atoms with van der Waals surface area (Å²) in [5.41, 5.74) is 0.0186. The maximum atomic E-state index is 14.2. The standard InChI is InChI=1S/C21H25FN2O5S/c1-21(2)12-17(15-11-14(28-3)9-10-19(15)29-21)23-20(25)13-24(30(4,26)27)18-8-6-5-7-16(18)22/h5-11,17H,12-13H2,1-4H3,(H,23,25). The van der Waals surface area contributed by atoms with Crippen LogP contribution in [0.2, 0.25) is 0 Å². The predicted molar refractivity (Wildman–Crippen MR) is 112 cm³/mol. The van der Waals surface area contributed by atoms with Gasteiger partial charge in [0.2, 0.25) is 15.9 Å². The Bertz CT molecular complexity index is 1060. The molecule has 1 atom stereocenters. The van der Waals surface area contributed by atoms with Crippen molar-refractivity contribution in [2.24, 2.45) is 0 Å². The van der Waals surface area contributed by atoms with Crippen molar-refractivity contribution in [3.63, 3.8) is 0 Å². The molecule has 30 heavy (non-hydrogen) atoms. The number of para-hydroxylation sites is 1. The monoisotopic (exact) mass is 436 g/mol. The molecule has 9 heteroatoms. The number of carbonyl (C=O) groups excluding carboxylic acids is 1. The molecule has 7 nitrogen and oxygen atoms in total. The summed E-state index contributed by atoms with van der Waals surface area (Å²) < 4.78 is 50.7. The summed E-state index contributed by atoms with van der Waals surface area (Å²) in [7, 11) is -2.34. The number of nitrogens with zero attached hydrogens (tertiary/aromatic N) is 1. The van der Waals surface area contributed by atoms with Crippen molar-refractivity contribution in [3.05, 3.63) is 53.8 Å². The molecule has 0 fully saturated rings. The van der Waals surface area contributed by atoms with Gasteiger partial charge in [-0.2, -0.15) is 0 Å². The van der Waals surface area contributed by atoms with Gasteiger partial charge in [-0.15, -0.1) is 0 Å². The largest absolute Gasteiger partial charge is 0.497 e. The molecule has 2 aromatic rings. The second-order valence-corrected chi connectivity index (χ2v) is 9.72. The van der Waals surface area contributed by atoms with Crippen molar-refractivity contribution in [2.75, 3.05) is 24.2 Å². The van der Waals surface area contributed by atoms with Crippen LogP contribution in [0, 0.1) is 5.82 Å². The number of carbonyl (C=O) groups is 1. The van der Waals surface area contributed by atoms with Gasteiger partial charge in [-0.05, 0) is 44.2 Å². The number of halogens is 1. The summed E-state index contributed by atoms with van der Waals surface area (Å²) in [6.07, 6.45) is 1.40. The minimum atomic E-state index is -3.88. The number of benzene rings is 2. The summed E-state index contributed by atoms with van der Waals surface area (Å²) in [6.45, 7) is 3.26. The van der Waals surface area contributed by atoms with Gasteiger partial charge in [0.15, 0.2) is 0 Å². The van der Waals surface area contributed by atoms with E-state index in [-0.39, 0.29) is 5.69 Å².